The Balaban J connectivity index is 2.30. The van der Waals surface area contributed by atoms with Gasteiger partial charge in [-0.3, -0.25) is 9.59 Å². The number of thiazole rings is 2. The summed E-state index contributed by atoms with van der Waals surface area (Å²) in [6.07, 6.45) is 3.84. The molecule has 9 heteroatoms. The van der Waals surface area contributed by atoms with Crippen LogP contribution < -0.4 is 16.8 Å². The van der Waals surface area contributed by atoms with Crippen LogP contribution >= 0.6 is 22.7 Å². The van der Waals surface area contributed by atoms with Crippen LogP contribution in [0.3, 0.4) is 0 Å². The summed E-state index contributed by atoms with van der Waals surface area (Å²) in [5, 5.41) is 4.81. The van der Waals surface area contributed by atoms with Crippen molar-refractivity contribution in [1.29, 1.82) is 0 Å². The van der Waals surface area contributed by atoms with Gasteiger partial charge < -0.3 is 16.8 Å². The zero-order valence-electron chi connectivity index (χ0n) is 17.6. The fourth-order valence-corrected chi connectivity index (χ4v) is 5.20. The Labute approximate surface area is 180 Å². The molecule has 1 atom stereocenters. The average Bonchev–Trinajstić information content (AvgIpc) is 3.23. The molecule has 0 radical (unpaired) electrons. The van der Waals surface area contributed by atoms with E-state index < -0.39 is 5.91 Å². The number of hydrogen-bond acceptors (Lipinski definition) is 7. The third kappa shape index (κ3) is 6.32. The number of aromatic nitrogens is 2. The van der Waals surface area contributed by atoms with Gasteiger partial charge in [-0.25, -0.2) is 9.97 Å². The third-order valence-corrected chi connectivity index (χ3v) is 6.55. The Kier molecular flexibility index (Phi) is 8.73. The molecule has 0 aliphatic rings. The van der Waals surface area contributed by atoms with Crippen molar-refractivity contribution >= 4 is 34.5 Å². The lowest BCUT2D eigenvalue weighted by molar-refractivity contribution is 0.0931. The first-order valence-electron chi connectivity index (χ1n) is 10.0. The highest BCUT2D eigenvalue weighted by Gasteiger charge is 2.26. The summed E-state index contributed by atoms with van der Waals surface area (Å²) >= 11 is 2.71. The molecule has 0 saturated carbocycles. The first kappa shape index (κ1) is 23.4. The van der Waals surface area contributed by atoms with Crippen LogP contribution in [0.1, 0.15) is 86.8 Å². The van der Waals surface area contributed by atoms with E-state index in [1.165, 1.54) is 22.7 Å². The highest BCUT2D eigenvalue weighted by atomic mass is 32.1. The standard InChI is InChI=1S/C20H31N5O2S2/c1-5-13-17(29-15(24-13)10-11(2)3)20(27)25-14(8-6-7-9-21)16-18(19(22)26)28-12(4)23-16/h11,14H,5-10,21H2,1-4H3,(H2,22,26)(H,25,27)/t14-/m0/s1. The lowest BCUT2D eigenvalue weighted by Gasteiger charge is -2.18. The number of rotatable bonds is 11. The summed E-state index contributed by atoms with van der Waals surface area (Å²) in [5.74, 6) is -0.218. The van der Waals surface area contributed by atoms with Gasteiger partial charge in [0.1, 0.15) is 9.75 Å². The van der Waals surface area contributed by atoms with E-state index in [9.17, 15) is 9.59 Å². The summed E-state index contributed by atoms with van der Waals surface area (Å²) in [7, 11) is 0. The first-order valence-corrected chi connectivity index (χ1v) is 11.7. The van der Waals surface area contributed by atoms with Crippen molar-refractivity contribution in [2.45, 2.75) is 65.8 Å². The Hall–Kier alpha value is -1.84. The van der Waals surface area contributed by atoms with Gasteiger partial charge in [-0.15, -0.1) is 22.7 Å². The number of nitrogens with zero attached hydrogens (tertiary/aromatic N) is 2. The molecule has 0 bridgehead atoms. The molecule has 0 unspecified atom stereocenters. The molecule has 2 heterocycles. The van der Waals surface area contributed by atoms with Gasteiger partial charge in [0.25, 0.3) is 11.8 Å². The number of primary amides is 1. The molecular formula is C20H31N5O2S2. The minimum Gasteiger partial charge on any atom is -0.365 e. The van der Waals surface area contributed by atoms with E-state index in [1.54, 1.807) is 0 Å². The molecule has 0 aliphatic carbocycles. The molecule has 0 fully saturated rings. The summed E-state index contributed by atoms with van der Waals surface area (Å²) < 4.78 is 0. The van der Waals surface area contributed by atoms with E-state index >= 15 is 0 Å². The van der Waals surface area contributed by atoms with Crippen molar-refractivity contribution in [2.75, 3.05) is 6.54 Å². The molecular weight excluding hydrogens is 406 g/mol. The largest absolute Gasteiger partial charge is 0.365 e. The smallest absolute Gasteiger partial charge is 0.263 e. The second-order valence-corrected chi connectivity index (χ2v) is 9.74. The van der Waals surface area contributed by atoms with Gasteiger partial charge in [-0.1, -0.05) is 20.8 Å². The molecule has 7 nitrogen and oxygen atoms in total. The number of aryl methyl sites for hydroxylation is 2. The number of amides is 2. The van der Waals surface area contributed by atoms with Gasteiger partial charge in [0.05, 0.1) is 27.4 Å². The van der Waals surface area contributed by atoms with Crippen LogP contribution in [0.2, 0.25) is 0 Å². The normalized spacial score (nSPS) is 12.3. The second-order valence-electron chi connectivity index (χ2n) is 7.46. The number of carbonyl (C=O) groups is 2. The quantitative estimate of drug-likeness (QED) is 0.465. The van der Waals surface area contributed by atoms with Crippen molar-refractivity contribution < 1.29 is 9.59 Å². The minimum atomic E-state index is -0.519. The maximum absolute atomic E-state index is 13.1. The van der Waals surface area contributed by atoms with E-state index in [0.29, 0.717) is 40.8 Å². The molecule has 2 aromatic heterocycles. The van der Waals surface area contributed by atoms with E-state index in [2.05, 4.69) is 29.1 Å². The summed E-state index contributed by atoms with van der Waals surface area (Å²) in [6, 6.07) is -0.387. The van der Waals surface area contributed by atoms with E-state index in [4.69, 9.17) is 11.5 Å². The van der Waals surface area contributed by atoms with Crippen LogP contribution in [0.25, 0.3) is 0 Å². The molecule has 0 spiro atoms. The number of hydrogen-bond donors (Lipinski definition) is 3. The van der Waals surface area contributed by atoms with Crippen molar-refractivity contribution in [3.8, 4) is 0 Å². The van der Waals surface area contributed by atoms with Crippen LogP contribution in [0.15, 0.2) is 0 Å². The SMILES string of the molecule is CCc1nc(CC(C)C)sc1C(=O)N[C@@H](CCCCN)c1nc(C)sc1C(N)=O. The first-order chi connectivity index (χ1) is 13.8. The van der Waals surface area contributed by atoms with E-state index in [1.807, 2.05) is 13.8 Å². The number of nitrogens with one attached hydrogen (secondary N) is 1. The van der Waals surface area contributed by atoms with Crippen molar-refractivity contribution in [1.82, 2.24) is 15.3 Å². The molecule has 160 valence electrons. The molecule has 29 heavy (non-hydrogen) atoms. The Morgan fingerprint density at radius 1 is 1.14 bits per heavy atom. The summed E-state index contributed by atoms with van der Waals surface area (Å²) in [5.41, 5.74) is 12.5. The number of carbonyl (C=O) groups excluding carboxylic acids is 2. The minimum absolute atomic E-state index is 0.173. The van der Waals surface area contributed by atoms with Gasteiger partial charge in [0.2, 0.25) is 0 Å². The fraction of sp³-hybridized carbons (Fsp3) is 0.600. The average molecular weight is 438 g/mol. The second kappa shape index (κ2) is 10.8. The maximum Gasteiger partial charge on any atom is 0.263 e. The van der Waals surface area contributed by atoms with Crippen molar-refractivity contribution in [3.05, 3.63) is 31.2 Å². The van der Waals surface area contributed by atoms with Crippen molar-refractivity contribution in [3.63, 3.8) is 0 Å². The molecule has 0 aliphatic heterocycles. The zero-order chi connectivity index (χ0) is 21.6. The fourth-order valence-electron chi connectivity index (χ4n) is 3.10. The maximum atomic E-state index is 13.1. The van der Waals surface area contributed by atoms with Crippen LogP contribution in [-0.2, 0) is 12.8 Å². The van der Waals surface area contributed by atoms with Gasteiger partial charge in [0.15, 0.2) is 0 Å². The highest BCUT2D eigenvalue weighted by Crippen LogP contribution is 2.29. The summed E-state index contributed by atoms with van der Waals surface area (Å²) in [4.78, 5) is 35.2. The molecule has 2 aromatic rings. The van der Waals surface area contributed by atoms with E-state index in [0.717, 1.165) is 35.0 Å². The number of unbranched alkanes of at least 4 members (excludes halogenated alkanes) is 1. The van der Waals surface area contributed by atoms with Gasteiger partial charge >= 0.3 is 0 Å². The predicted octanol–water partition coefficient (Wildman–Crippen LogP) is 3.37. The molecule has 0 aromatic carbocycles. The van der Waals surface area contributed by atoms with Gasteiger partial charge in [-0.2, -0.15) is 0 Å². The Morgan fingerprint density at radius 2 is 1.86 bits per heavy atom. The molecule has 5 N–H and O–H groups in total. The monoisotopic (exact) mass is 437 g/mol. The van der Waals surface area contributed by atoms with Gasteiger partial charge in [-0.05, 0) is 45.1 Å². The van der Waals surface area contributed by atoms with Crippen LogP contribution in [-0.4, -0.2) is 28.3 Å². The van der Waals surface area contributed by atoms with Crippen LogP contribution in [0.4, 0.5) is 0 Å². The Bertz CT molecular complexity index is 844. The van der Waals surface area contributed by atoms with Crippen LogP contribution in [0.5, 0.6) is 0 Å². The number of nitrogens with two attached hydrogens (primary N) is 2. The van der Waals surface area contributed by atoms with Gasteiger partial charge in [0, 0.05) is 6.42 Å². The molecule has 2 amide bonds. The molecule has 2 rings (SSSR count). The zero-order valence-corrected chi connectivity index (χ0v) is 19.2. The lowest BCUT2D eigenvalue weighted by Crippen LogP contribution is -2.30. The van der Waals surface area contributed by atoms with Crippen LogP contribution in [0, 0.1) is 12.8 Å². The predicted molar refractivity (Wildman–Crippen MR) is 119 cm³/mol. The summed E-state index contributed by atoms with van der Waals surface area (Å²) in [6.45, 7) is 8.67. The Morgan fingerprint density at radius 3 is 2.45 bits per heavy atom. The third-order valence-electron chi connectivity index (χ3n) is 4.43. The molecule has 0 saturated heterocycles. The topological polar surface area (TPSA) is 124 Å². The lowest BCUT2D eigenvalue weighted by atomic mass is 10.0. The highest BCUT2D eigenvalue weighted by molar-refractivity contribution is 7.14. The van der Waals surface area contributed by atoms with E-state index in [-0.39, 0.29) is 11.9 Å². The van der Waals surface area contributed by atoms with Crippen molar-refractivity contribution in [2.24, 2.45) is 17.4 Å².